The quantitative estimate of drug-likeness (QED) is 0.417. The number of nitrogens with zero attached hydrogens (tertiary/aromatic N) is 1. The van der Waals surface area contributed by atoms with E-state index in [0.717, 1.165) is 15.0 Å². The lowest BCUT2D eigenvalue weighted by Gasteiger charge is -2.10. The first-order chi connectivity index (χ1) is 16.0. The number of rotatable bonds is 8. The van der Waals surface area contributed by atoms with Gasteiger partial charge in [-0.3, -0.25) is 14.2 Å². The number of carbonyl (C=O) groups is 1. The van der Waals surface area contributed by atoms with Gasteiger partial charge in [0.25, 0.3) is 11.5 Å². The highest BCUT2D eigenvalue weighted by molar-refractivity contribution is 7.09. The van der Waals surface area contributed by atoms with Crippen molar-refractivity contribution in [3.8, 4) is 11.5 Å². The van der Waals surface area contributed by atoms with Crippen LogP contribution in [0.5, 0.6) is 11.5 Å². The van der Waals surface area contributed by atoms with Crippen molar-refractivity contribution in [2.24, 2.45) is 0 Å². The monoisotopic (exact) mass is 465 g/mol. The molecule has 0 saturated heterocycles. The van der Waals surface area contributed by atoms with Crippen molar-refractivity contribution < 1.29 is 14.3 Å². The molecule has 0 bridgehead atoms. The molecule has 0 fully saturated rings. The normalized spacial score (nSPS) is 10.8. The van der Waals surface area contributed by atoms with Crippen LogP contribution in [0.3, 0.4) is 0 Å². The van der Waals surface area contributed by atoms with Gasteiger partial charge in [-0.1, -0.05) is 12.1 Å². The number of carbonyl (C=O) groups excluding carboxylic acids is 1. The van der Waals surface area contributed by atoms with E-state index in [4.69, 9.17) is 9.47 Å². The topological polar surface area (TPSA) is 102 Å². The highest BCUT2D eigenvalue weighted by Crippen LogP contribution is 2.27. The number of nitrogens with one attached hydrogen (secondary N) is 2. The lowest BCUT2D eigenvalue weighted by atomic mass is 10.1. The van der Waals surface area contributed by atoms with Gasteiger partial charge in [-0.05, 0) is 53.8 Å². The van der Waals surface area contributed by atoms with Gasteiger partial charge in [0, 0.05) is 17.0 Å². The van der Waals surface area contributed by atoms with Crippen molar-refractivity contribution in [2.75, 3.05) is 20.8 Å². The maximum Gasteiger partial charge on any atom is 0.329 e. The number of benzene rings is 2. The lowest BCUT2D eigenvalue weighted by Crippen LogP contribution is -2.35. The summed E-state index contributed by atoms with van der Waals surface area (Å²) in [7, 11) is 3.15. The Kier molecular flexibility index (Phi) is 6.60. The zero-order chi connectivity index (χ0) is 23.4. The molecule has 2 aromatic carbocycles. The van der Waals surface area contributed by atoms with Crippen LogP contribution >= 0.6 is 11.3 Å². The Hall–Kier alpha value is -3.85. The Balaban J connectivity index is 1.47. The van der Waals surface area contributed by atoms with E-state index < -0.39 is 5.69 Å². The minimum Gasteiger partial charge on any atom is -0.493 e. The molecule has 2 N–H and O–H groups in total. The van der Waals surface area contributed by atoms with Gasteiger partial charge in [-0.15, -0.1) is 11.3 Å². The van der Waals surface area contributed by atoms with E-state index in [1.54, 1.807) is 26.4 Å². The van der Waals surface area contributed by atoms with Crippen LogP contribution in [0, 0.1) is 0 Å². The maximum atomic E-state index is 12.8. The highest BCUT2D eigenvalue weighted by atomic mass is 32.1. The Labute approximate surface area is 193 Å². The van der Waals surface area contributed by atoms with Crippen LogP contribution < -0.4 is 26.0 Å². The number of hydrogen-bond acceptors (Lipinski definition) is 6. The predicted octanol–water partition coefficient (Wildman–Crippen LogP) is 2.79. The number of thiophene rings is 1. The van der Waals surface area contributed by atoms with Crippen molar-refractivity contribution in [1.29, 1.82) is 0 Å². The number of amides is 1. The van der Waals surface area contributed by atoms with Crippen molar-refractivity contribution >= 4 is 28.1 Å². The predicted molar refractivity (Wildman–Crippen MR) is 128 cm³/mol. The van der Waals surface area contributed by atoms with E-state index >= 15 is 0 Å². The molecule has 8 nitrogen and oxygen atoms in total. The van der Waals surface area contributed by atoms with E-state index in [-0.39, 0.29) is 18.0 Å². The molecule has 0 unspecified atom stereocenters. The molecular formula is C24H23N3O5S. The van der Waals surface area contributed by atoms with Gasteiger partial charge in [-0.2, -0.15) is 0 Å². The molecule has 1 amide bonds. The minimum absolute atomic E-state index is 0.208. The zero-order valence-corrected chi connectivity index (χ0v) is 19.0. The van der Waals surface area contributed by atoms with Crippen LogP contribution in [0.4, 0.5) is 0 Å². The van der Waals surface area contributed by atoms with Crippen LogP contribution in [-0.2, 0) is 13.0 Å². The number of fused-ring (bicyclic) bond motifs is 1. The van der Waals surface area contributed by atoms with Crippen LogP contribution in [0.2, 0.25) is 0 Å². The SMILES string of the molecule is COc1ccc(CCNC(=O)c2ccc3c(=O)n(Cc4cccs4)c(=O)[nH]c3c2)cc1OC. The third kappa shape index (κ3) is 4.83. The molecule has 0 radical (unpaired) electrons. The van der Waals surface area contributed by atoms with Crippen molar-refractivity contribution in [2.45, 2.75) is 13.0 Å². The fourth-order valence-electron chi connectivity index (χ4n) is 3.56. The molecule has 170 valence electrons. The summed E-state index contributed by atoms with van der Waals surface area (Å²) in [6, 6.07) is 14.0. The minimum atomic E-state index is -0.507. The van der Waals surface area contributed by atoms with Crippen LogP contribution in [0.1, 0.15) is 20.8 Å². The molecule has 0 aliphatic rings. The second-order valence-electron chi connectivity index (χ2n) is 7.36. The second-order valence-corrected chi connectivity index (χ2v) is 8.39. The second kappa shape index (κ2) is 9.74. The first kappa shape index (κ1) is 22.3. The summed E-state index contributed by atoms with van der Waals surface area (Å²) < 4.78 is 11.7. The van der Waals surface area contributed by atoms with Crippen molar-refractivity contribution in [1.82, 2.24) is 14.9 Å². The average Bonchev–Trinajstić information content (AvgIpc) is 3.34. The number of aromatic nitrogens is 2. The van der Waals surface area contributed by atoms with Crippen LogP contribution in [-0.4, -0.2) is 36.2 Å². The number of hydrogen-bond donors (Lipinski definition) is 2. The van der Waals surface area contributed by atoms with E-state index in [1.165, 1.54) is 17.4 Å². The Morgan fingerprint density at radius 1 is 1.06 bits per heavy atom. The van der Waals surface area contributed by atoms with Crippen LogP contribution in [0.25, 0.3) is 10.9 Å². The van der Waals surface area contributed by atoms with Gasteiger partial charge in [0.15, 0.2) is 11.5 Å². The standard InChI is InChI=1S/C24H23N3O5S/c1-31-20-8-5-15(12-21(20)32-2)9-10-25-22(28)16-6-7-18-19(13-16)26-24(30)27(23(18)29)14-17-4-3-11-33-17/h3-8,11-13H,9-10,14H2,1-2H3,(H,25,28)(H,26,30). The average molecular weight is 466 g/mol. The third-order valence-corrected chi connectivity index (χ3v) is 6.15. The van der Waals surface area contributed by atoms with Gasteiger partial charge in [0.05, 0.1) is 31.7 Å². The van der Waals surface area contributed by atoms with E-state index in [2.05, 4.69) is 10.3 Å². The van der Waals surface area contributed by atoms with Gasteiger partial charge in [0.2, 0.25) is 0 Å². The summed E-state index contributed by atoms with van der Waals surface area (Å²) in [5, 5.41) is 5.11. The first-order valence-electron chi connectivity index (χ1n) is 10.3. The van der Waals surface area contributed by atoms with Gasteiger partial charge in [0.1, 0.15) is 0 Å². The zero-order valence-electron chi connectivity index (χ0n) is 18.2. The highest BCUT2D eigenvalue weighted by Gasteiger charge is 2.12. The Bertz CT molecular complexity index is 1410. The molecule has 0 aliphatic heterocycles. The summed E-state index contributed by atoms with van der Waals surface area (Å²) in [6.45, 7) is 0.617. The van der Waals surface area contributed by atoms with E-state index in [1.807, 2.05) is 35.7 Å². The van der Waals surface area contributed by atoms with E-state index in [0.29, 0.717) is 40.9 Å². The number of methoxy groups -OCH3 is 2. The van der Waals surface area contributed by atoms with Crippen LogP contribution in [0.15, 0.2) is 63.5 Å². The smallest absolute Gasteiger partial charge is 0.329 e. The summed E-state index contributed by atoms with van der Waals surface area (Å²) in [4.78, 5) is 41.5. The fraction of sp³-hybridized carbons (Fsp3) is 0.208. The Morgan fingerprint density at radius 2 is 1.88 bits per heavy atom. The molecular weight excluding hydrogens is 442 g/mol. The summed E-state index contributed by atoms with van der Waals surface area (Å²) >= 11 is 1.48. The first-order valence-corrected chi connectivity index (χ1v) is 11.2. The van der Waals surface area contributed by atoms with Gasteiger partial charge < -0.3 is 19.8 Å². The molecule has 2 heterocycles. The van der Waals surface area contributed by atoms with Crippen molar-refractivity contribution in [3.05, 3.63) is 90.8 Å². The third-order valence-electron chi connectivity index (χ3n) is 5.29. The molecule has 4 aromatic rings. The lowest BCUT2D eigenvalue weighted by molar-refractivity contribution is 0.0954. The summed E-state index contributed by atoms with van der Waals surface area (Å²) in [6.07, 6.45) is 0.601. The molecule has 2 aromatic heterocycles. The largest absolute Gasteiger partial charge is 0.493 e. The Morgan fingerprint density at radius 3 is 2.61 bits per heavy atom. The molecule has 0 atom stereocenters. The fourth-order valence-corrected chi connectivity index (χ4v) is 4.25. The molecule has 0 aliphatic carbocycles. The molecule has 0 spiro atoms. The summed E-state index contributed by atoms with van der Waals surface area (Å²) in [5.41, 5.74) is 0.789. The van der Waals surface area contributed by atoms with E-state index in [9.17, 15) is 14.4 Å². The molecule has 33 heavy (non-hydrogen) atoms. The summed E-state index contributed by atoms with van der Waals surface area (Å²) in [5.74, 6) is 0.982. The molecule has 9 heteroatoms. The maximum absolute atomic E-state index is 12.8. The van der Waals surface area contributed by atoms with Crippen molar-refractivity contribution in [3.63, 3.8) is 0 Å². The molecule has 4 rings (SSSR count). The number of H-pyrrole nitrogens is 1. The molecule has 0 saturated carbocycles. The number of ether oxygens (including phenoxy) is 2. The van der Waals surface area contributed by atoms with Gasteiger partial charge >= 0.3 is 5.69 Å². The van der Waals surface area contributed by atoms with Gasteiger partial charge in [-0.25, -0.2) is 4.79 Å². The number of aromatic amines is 1.